The van der Waals surface area contributed by atoms with Gasteiger partial charge in [0.25, 0.3) is 0 Å². The summed E-state index contributed by atoms with van der Waals surface area (Å²) in [6, 6.07) is 1.41. The molecule has 0 radical (unpaired) electrons. The van der Waals surface area contributed by atoms with Crippen molar-refractivity contribution in [2.45, 2.75) is 6.92 Å². The first-order chi connectivity index (χ1) is 6.15. The van der Waals surface area contributed by atoms with E-state index in [1.165, 1.54) is 11.4 Å². The average Bonchev–Trinajstić information content (AvgIpc) is 2.52. The first-order valence-corrected chi connectivity index (χ1v) is 4.64. The van der Waals surface area contributed by atoms with Crippen molar-refractivity contribution in [3.05, 3.63) is 16.3 Å². The fraction of sp³-hybridized carbons (Fsp3) is 0.286. The number of ether oxygens (including phenoxy) is 1. The van der Waals surface area contributed by atoms with E-state index < -0.39 is 13.1 Å². The van der Waals surface area contributed by atoms with Crippen molar-refractivity contribution in [3.8, 4) is 0 Å². The number of hydrogen-bond donors (Lipinski definition) is 2. The third-order valence-electron chi connectivity index (χ3n) is 1.39. The molecule has 0 aliphatic heterocycles. The molecule has 4 nitrogen and oxygen atoms in total. The van der Waals surface area contributed by atoms with Crippen LogP contribution in [0.3, 0.4) is 0 Å². The second-order valence-corrected chi connectivity index (χ2v) is 3.25. The fourth-order valence-corrected chi connectivity index (χ4v) is 1.61. The van der Waals surface area contributed by atoms with Gasteiger partial charge in [0.1, 0.15) is 4.88 Å². The second kappa shape index (κ2) is 4.41. The van der Waals surface area contributed by atoms with Gasteiger partial charge in [-0.1, -0.05) is 0 Å². The molecule has 70 valence electrons. The first kappa shape index (κ1) is 10.2. The van der Waals surface area contributed by atoms with Crippen LogP contribution in [-0.4, -0.2) is 29.7 Å². The molecule has 2 N–H and O–H groups in total. The Balaban J connectivity index is 2.73. The zero-order valence-electron chi connectivity index (χ0n) is 7.06. The van der Waals surface area contributed by atoms with E-state index in [0.29, 0.717) is 16.9 Å². The molecule has 0 fully saturated rings. The van der Waals surface area contributed by atoms with Gasteiger partial charge in [-0.2, -0.15) is 0 Å². The van der Waals surface area contributed by atoms with E-state index in [2.05, 4.69) is 0 Å². The lowest BCUT2D eigenvalue weighted by molar-refractivity contribution is 0.0532. The highest BCUT2D eigenvalue weighted by molar-refractivity contribution is 7.13. The maximum absolute atomic E-state index is 11.1. The number of hydrogen-bond acceptors (Lipinski definition) is 5. The summed E-state index contributed by atoms with van der Waals surface area (Å²) >= 11 is 1.13. The van der Waals surface area contributed by atoms with E-state index in [9.17, 15) is 4.79 Å². The van der Waals surface area contributed by atoms with Crippen LogP contribution in [-0.2, 0) is 4.74 Å². The van der Waals surface area contributed by atoms with Crippen LogP contribution in [0.25, 0.3) is 0 Å². The Kier molecular flexibility index (Phi) is 3.47. The Morgan fingerprint density at radius 2 is 2.38 bits per heavy atom. The maximum Gasteiger partial charge on any atom is 0.489 e. The minimum absolute atomic E-state index is 0.313. The number of thiophene rings is 1. The highest BCUT2D eigenvalue weighted by Crippen LogP contribution is 2.08. The van der Waals surface area contributed by atoms with Crippen molar-refractivity contribution in [2.24, 2.45) is 0 Å². The molecule has 6 heteroatoms. The van der Waals surface area contributed by atoms with Gasteiger partial charge in [0, 0.05) is 0 Å². The predicted octanol–water partition coefficient (Wildman–Crippen LogP) is -0.395. The standard InChI is InChI=1S/C7H9BO4S/c1-2-12-7(9)6-3-5(4-13-6)8(10)11/h3-4,10-11H,2H2,1H3. The molecule has 0 aromatic carbocycles. The van der Waals surface area contributed by atoms with Crippen molar-refractivity contribution in [1.29, 1.82) is 0 Å². The van der Waals surface area contributed by atoms with Crippen LogP contribution in [0.15, 0.2) is 11.4 Å². The lowest BCUT2D eigenvalue weighted by atomic mass is 9.83. The van der Waals surface area contributed by atoms with Gasteiger partial charge in [0.05, 0.1) is 6.61 Å². The molecule has 0 aliphatic carbocycles. The van der Waals surface area contributed by atoms with Crippen LogP contribution in [0.4, 0.5) is 0 Å². The number of carbonyl (C=O) groups is 1. The van der Waals surface area contributed by atoms with Gasteiger partial charge in [-0.3, -0.25) is 0 Å². The van der Waals surface area contributed by atoms with Gasteiger partial charge in [-0.25, -0.2) is 4.79 Å². The predicted molar refractivity (Wildman–Crippen MR) is 50.1 cm³/mol. The fourth-order valence-electron chi connectivity index (χ4n) is 0.796. The van der Waals surface area contributed by atoms with Gasteiger partial charge in [-0.05, 0) is 23.8 Å². The minimum atomic E-state index is -1.53. The Morgan fingerprint density at radius 3 is 2.85 bits per heavy atom. The van der Waals surface area contributed by atoms with Crippen molar-refractivity contribution in [3.63, 3.8) is 0 Å². The van der Waals surface area contributed by atoms with Crippen LogP contribution in [0.5, 0.6) is 0 Å². The molecule has 1 aromatic heterocycles. The summed E-state index contributed by atoms with van der Waals surface area (Å²) in [7, 11) is -1.53. The zero-order valence-corrected chi connectivity index (χ0v) is 7.87. The molecule has 0 bridgehead atoms. The van der Waals surface area contributed by atoms with Gasteiger partial charge >= 0.3 is 13.1 Å². The van der Waals surface area contributed by atoms with Crippen molar-refractivity contribution < 1.29 is 19.6 Å². The van der Waals surface area contributed by atoms with E-state index in [1.807, 2.05) is 0 Å². The Bertz CT molecular complexity index is 296. The van der Waals surface area contributed by atoms with Crippen LogP contribution in [0.1, 0.15) is 16.6 Å². The SMILES string of the molecule is CCOC(=O)c1cc(B(O)O)cs1. The summed E-state index contributed by atoms with van der Waals surface area (Å²) in [5, 5.41) is 19.0. The largest absolute Gasteiger partial charge is 0.489 e. The molecule has 0 saturated heterocycles. The van der Waals surface area contributed by atoms with Crippen LogP contribution >= 0.6 is 11.3 Å². The van der Waals surface area contributed by atoms with Crippen molar-refractivity contribution in [2.75, 3.05) is 6.61 Å². The third-order valence-corrected chi connectivity index (χ3v) is 2.32. The average molecular weight is 200 g/mol. The monoisotopic (exact) mass is 200 g/mol. The molecule has 0 amide bonds. The Morgan fingerprint density at radius 1 is 1.69 bits per heavy atom. The molecule has 0 atom stereocenters. The number of rotatable bonds is 3. The highest BCUT2D eigenvalue weighted by Gasteiger charge is 2.16. The van der Waals surface area contributed by atoms with Gasteiger partial charge in [0.15, 0.2) is 0 Å². The normalized spacial score (nSPS) is 9.77. The lowest BCUT2D eigenvalue weighted by Gasteiger charge is -1.96. The summed E-state index contributed by atoms with van der Waals surface area (Å²) in [6.07, 6.45) is 0. The van der Waals surface area contributed by atoms with E-state index >= 15 is 0 Å². The van der Waals surface area contributed by atoms with Crippen LogP contribution in [0.2, 0.25) is 0 Å². The van der Waals surface area contributed by atoms with E-state index in [1.54, 1.807) is 6.92 Å². The molecule has 0 saturated carbocycles. The smallest absolute Gasteiger partial charge is 0.462 e. The molecule has 1 heterocycles. The lowest BCUT2D eigenvalue weighted by Crippen LogP contribution is -2.28. The summed E-state index contributed by atoms with van der Waals surface area (Å²) in [6.45, 7) is 2.03. The van der Waals surface area contributed by atoms with E-state index in [4.69, 9.17) is 14.8 Å². The Labute approximate surface area is 79.9 Å². The summed E-state index contributed by atoms with van der Waals surface area (Å²) in [5.41, 5.74) is 0.313. The maximum atomic E-state index is 11.1. The molecule has 0 aliphatic rings. The molecule has 0 unspecified atom stereocenters. The van der Waals surface area contributed by atoms with Crippen LogP contribution < -0.4 is 5.46 Å². The van der Waals surface area contributed by atoms with Gasteiger partial charge in [-0.15, -0.1) is 11.3 Å². The second-order valence-electron chi connectivity index (χ2n) is 2.34. The highest BCUT2D eigenvalue weighted by atomic mass is 32.1. The Hall–Kier alpha value is -0.845. The van der Waals surface area contributed by atoms with Gasteiger partial charge in [0.2, 0.25) is 0 Å². The van der Waals surface area contributed by atoms with Crippen molar-refractivity contribution >= 4 is 29.9 Å². The molecule has 1 aromatic rings. The van der Waals surface area contributed by atoms with Crippen molar-refractivity contribution in [1.82, 2.24) is 0 Å². The summed E-state index contributed by atoms with van der Waals surface area (Å²) < 4.78 is 4.73. The van der Waals surface area contributed by atoms with E-state index in [-0.39, 0.29) is 0 Å². The zero-order chi connectivity index (χ0) is 9.84. The molecular formula is C7H9BO4S. The number of esters is 1. The summed E-state index contributed by atoms with van der Waals surface area (Å²) in [5.74, 6) is -0.431. The number of carbonyl (C=O) groups excluding carboxylic acids is 1. The van der Waals surface area contributed by atoms with E-state index in [0.717, 1.165) is 11.3 Å². The summed E-state index contributed by atoms with van der Waals surface area (Å²) in [4.78, 5) is 11.5. The first-order valence-electron chi connectivity index (χ1n) is 3.76. The molecule has 13 heavy (non-hydrogen) atoms. The quantitative estimate of drug-likeness (QED) is 0.514. The topological polar surface area (TPSA) is 66.8 Å². The minimum Gasteiger partial charge on any atom is -0.462 e. The molecule has 0 spiro atoms. The van der Waals surface area contributed by atoms with Crippen LogP contribution in [0, 0.1) is 0 Å². The molecular weight excluding hydrogens is 191 g/mol. The molecule has 1 rings (SSSR count). The third kappa shape index (κ3) is 2.55. The van der Waals surface area contributed by atoms with Gasteiger partial charge < -0.3 is 14.8 Å².